The Bertz CT molecular complexity index is 276. The predicted molar refractivity (Wildman–Crippen MR) is 63.9 cm³/mol. The lowest BCUT2D eigenvalue weighted by atomic mass is 10.3. The Hall–Kier alpha value is -0.830. The highest BCUT2D eigenvalue weighted by atomic mass is 32.2. The van der Waals surface area contributed by atoms with Gasteiger partial charge in [0.15, 0.2) is 0 Å². The van der Waals surface area contributed by atoms with Crippen molar-refractivity contribution in [2.24, 2.45) is 0 Å². The number of thioether (sulfide) groups is 1. The first kappa shape index (κ1) is 11.2. The second kappa shape index (κ2) is 5.81. The van der Waals surface area contributed by atoms with Crippen LogP contribution in [0.1, 0.15) is 13.8 Å². The summed E-state index contributed by atoms with van der Waals surface area (Å²) in [5, 5.41) is 0.659. The molecular weight excluding hydrogens is 194 g/mol. The molecule has 0 saturated carbocycles. The zero-order valence-electron chi connectivity index (χ0n) is 8.69. The van der Waals surface area contributed by atoms with Gasteiger partial charge in [-0.05, 0) is 17.4 Å². The molecule has 0 heterocycles. The molecule has 0 bridgehead atoms. The smallest absolute Gasteiger partial charge is 0.142 e. The highest BCUT2D eigenvalue weighted by molar-refractivity contribution is 7.99. The summed E-state index contributed by atoms with van der Waals surface area (Å²) in [5.41, 5.74) is 6.44. The minimum Gasteiger partial charge on any atom is -0.491 e. The van der Waals surface area contributed by atoms with Gasteiger partial charge in [-0.25, -0.2) is 0 Å². The van der Waals surface area contributed by atoms with Gasteiger partial charge in [-0.1, -0.05) is 26.0 Å². The maximum absolute atomic E-state index is 5.73. The van der Waals surface area contributed by atoms with Crippen molar-refractivity contribution in [1.82, 2.24) is 0 Å². The molecule has 0 fully saturated rings. The van der Waals surface area contributed by atoms with E-state index in [2.05, 4.69) is 13.8 Å². The molecule has 0 aromatic heterocycles. The molecule has 0 radical (unpaired) electrons. The van der Waals surface area contributed by atoms with Gasteiger partial charge >= 0.3 is 0 Å². The highest BCUT2D eigenvalue weighted by Crippen LogP contribution is 2.20. The van der Waals surface area contributed by atoms with E-state index < -0.39 is 0 Å². The number of benzene rings is 1. The van der Waals surface area contributed by atoms with Crippen molar-refractivity contribution in [2.75, 3.05) is 18.1 Å². The average molecular weight is 211 g/mol. The minimum atomic E-state index is 0.659. The summed E-state index contributed by atoms with van der Waals surface area (Å²) >= 11 is 1.89. The summed E-state index contributed by atoms with van der Waals surface area (Å²) in [6, 6.07) is 7.59. The number of para-hydroxylation sites is 2. The van der Waals surface area contributed by atoms with Gasteiger partial charge in [-0.15, -0.1) is 0 Å². The van der Waals surface area contributed by atoms with E-state index in [0.717, 1.165) is 18.1 Å². The van der Waals surface area contributed by atoms with Crippen LogP contribution in [0.5, 0.6) is 5.75 Å². The fourth-order valence-corrected chi connectivity index (χ4v) is 1.70. The molecule has 78 valence electrons. The molecule has 2 N–H and O–H groups in total. The number of nitrogen functional groups attached to an aromatic ring is 1. The van der Waals surface area contributed by atoms with E-state index in [4.69, 9.17) is 10.5 Å². The second-order valence-corrected chi connectivity index (χ2v) is 4.99. The number of hydrogen-bond acceptors (Lipinski definition) is 3. The van der Waals surface area contributed by atoms with Gasteiger partial charge < -0.3 is 10.5 Å². The lowest BCUT2D eigenvalue weighted by molar-refractivity contribution is 0.345. The Kier molecular flexibility index (Phi) is 4.66. The van der Waals surface area contributed by atoms with Crippen LogP contribution in [0, 0.1) is 0 Å². The molecule has 0 aliphatic carbocycles. The van der Waals surface area contributed by atoms with Crippen LogP contribution in [0.2, 0.25) is 0 Å². The number of ether oxygens (including phenoxy) is 1. The van der Waals surface area contributed by atoms with Gasteiger partial charge in [-0.3, -0.25) is 0 Å². The van der Waals surface area contributed by atoms with Crippen molar-refractivity contribution >= 4 is 17.4 Å². The van der Waals surface area contributed by atoms with Gasteiger partial charge in [0.2, 0.25) is 0 Å². The molecule has 3 heteroatoms. The summed E-state index contributed by atoms with van der Waals surface area (Å²) in [6.45, 7) is 5.08. The normalized spacial score (nSPS) is 10.5. The third-order valence-electron chi connectivity index (χ3n) is 1.71. The van der Waals surface area contributed by atoms with E-state index in [1.165, 1.54) is 0 Å². The molecule has 0 spiro atoms. The Morgan fingerprint density at radius 1 is 1.36 bits per heavy atom. The van der Waals surface area contributed by atoms with E-state index in [-0.39, 0.29) is 0 Å². The maximum Gasteiger partial charge on any atom is 0.142 e. The van der Waals surface area contributed by atoms with Crippen molar-refractivity contribution in [2.45, 2.75) is 19.1 Å². The summed E-state index contributed by atoms with van der Waals surface area (Å²) in [6.07, 6.45) is 0. The third kappa shape index (κ3) is 3.92. The quantitative estimate of drug-likeness (QED) is 0.601. The first-order valence-electron chi connectivity index (χ1n) is 4.79. The SMILES string of the molecule is CC(C)SCCOc1ccccc1N. The van der Waals surface area contributed by atoms with Crippen molar-refractivity contribution in [3.63, 3.8) is 0 Å². The number of nitrogens with two attached hydrogens (primary N) is 1. The van der Waals surface area contributed by atoms with Gasteiger partial charge in [0.25, 0.3) is 0 Å². The first-order valence-corrected chi connectivity index (χ1v) is 5.84. The molecule has 1 rings (SSSR count). The van der Waals surface area contributed by atoms with E-state index in [1.807, 2.05) is 36.0 Å². The summed E-state index contributed by atoms with van der Waals surface area (Å²) in [7, 11) is 0. The first-order chi connectivity index (χ1) is 6.70. The molecule has 1 aromatic rings. The van der Waals surface area contributed by atoms with E-state index in [9.17, 15) is 0 Å². The Labute approximate surface area is 89.8 Å². The Balaban J connectivity index is 2.28. The molecule has 0 aliphatic heterocycles. The fraction of sp³-hybridized carbons (Fsp3) is 0.455. The summed E-state index contributed by atoms with van der Waals surface area (Å²) < 4.78 is 5.54. The molecule has 0 atom stereocenters. The lowest BCUT2D eigenvalue weighted by Crippen LogP contribution is -2.04. The van der Waals surface area contributed by atoms with Crippen LogP contribution in [0.15, 0.2) is 24.3 Å². The Morgan fingerprint density at radius 2 is 2.07 bits per heavy atom. The van der Waals surface area contributed by atoms with E-state index >= 15 is 0 Å². The van der Waals surface area contributed by atoms with Crippen molar-refractivity contribution in [1.29, 1.82) is 0 Å². The molecule has 14 heavy (non-hydrogen) atoms. The van der Waals surface area contributed by atoms with Crippen LogP contribution in [0.3, 0.4) is 0 Å². The third-order valence-corrected chi connectivity index (χ3v) is 2.78. The van der Waals surface area contributed by atoms with Gasteiger partial charge in [-0.2, -0.15) is 11.8 Å². The molecule has 0 unspecified atom stereocenters. The predicted octanol–water partition coefficient (Wildman–Crippen LogP) is 2.79. The van der Waals surface area contributed by atoms with Crippen LogP contribution >= 0.6 is 11.8 Å². The fourth-order valence-electron chi connectivity index (χ4n) is 1.05. The molecule has 0 aliphatic rings. The van der Waals surface area contributed by atoms with Crippen LogP contribution in [-0.4, -0.2) is 17.6 Å². The number of anilines is 1. The zero-order chi connectivity index (χ0) is 10.4. The van der Waals surface area contributed by atoms with Gasteiger partial charge in [0.1, 0.15) is 5.75 Å². The summed E-state index contributed by atoms with van der Waals surface area (Å²) in [5.74, 6) is 1.79. The average Bonchev–Trinajstić information content (AvgIpc) is 2.15. The van der Waals surface area contributed by atoms with Crippen LogP contribution in [0.4, 0.5) is 5.69 Å². The molecule has 2 nitrogen and oxygen atoms in total. The molecule has 0 amide bonds. The minimum absolute atomic E-state index is 0.659. The van der Waals surface area contributed by atoms with Crippen molar-refractivity contribution < 1.29 is 4.74 Å². The lowest BCUT2D eigenvalue weighted by Gasteiger charge is -2.09. The van der Waals surface area contributed by atoms with Crippen LogP contribution in [0.25, 0.3) is 0 Å². The maximum atomic E-state index is 5.73. The second-order valence-electron chi connectivity index (χ2n) is 3.31. The van der Waals surface area contributed by atoms with Gasteiger partial charge in [0.05, 0.1) is 12.3 Å². The van der Waals surface area contributed by atoms with E-state index in [0.29, 0.717) is 10.9 Å². The summed E-state index contributed by atoms with van der Waals surface area (Å²) in [4.78, 5) is 0. The number of hydrogen-bond donors (Lipinski definition) is 1. The molecular formula is C11H17NOS. The van der Waals surface area contributed by atoms with Crippen molar-refractivity contribution in [3.8, 4) is 5.75 Å². The Morgan fingerprint density at radius 3 is 2.71 bits per heavy atom. The highest BCUT2D eigenvalue weighted by Gasteiger charge is 1.98. The van der Waals surface area contributed by atoms with Gasteiger partial charge in [0, 0.05) is 5.75 Å². The monoisotopic (exact) mass is 211 g/mol. The zero-order valence-corrected chi connectivity index (χ0v) is 9.51. The molecule has 1 aromatic carbocycles. The van der Waals surface area contributed by atoms with Crippen LogP contribution in [-0.2, 0) is 0 Å². The van der Waals surface area contributed by atoms with E-state index in [1.54, 1.807) is 0 Å². The van der Waals surface area contributed by atoms with Crippen molar-refractivity contribution in [3.05, 3.63) is 24.3 Å². The standard InChI is InChI=1S/C11H17NOS/c1-9(2)14-8-7-13-11-6-4-3-5-10(11)12/h3-6,9H,7-8,12H2,1-2H3. The van der Waals surface area contributed by atoms with Crippen LogP contribution < -0.4 is 10.5 Å². The largest absolute Gasteiger partial charge is 0.491 e. The molecule has 0 saturated heterocycles. The topological polar surface area (TPSA) is 35.2 Å². The number of rotatable bonds is 5.